The van der Waals surface area contributed by atoms with Gasteiger partial charge in [-0.2, -0.15) is 0 Å². The number of thioether (sulfide) groups is 1. The summed E-state index contributed by atoms with van der Waals surface area (Å²) in [5, 5.41) is 4.83. The molecule has 1 aromatic heterocycles. The summed E-state index contributed by atoms with van der Waals surface area (Å²) >= 11 is 1.75. The van der Waals surface area contributed by atoms with Crippen molar-refractivity contribution in [1.29, 1.82) is 0 Å². The van der Waals surface area contributed by atoms with Crippen molar-refractivity contribution in [2.75, 3.05) is 26.8 Å². The molecule has 0 spiro atoms. The zero-order chi connectivity index (χ0) is 10.9. The summed E-state index contributed by atoms with van der Waals surface area (Å²) in [4.78, 5) is 8.05. The maximum absolute atomic E-state index is 4.95. The number of nitrogens with one attached hydrogen (secondary N) is 1. The molecule has 15 heavy (non-hydrogen) atoms. The Balaban J connectivity index is 2.16. The second kappa shape index (κ2) is 7.62. The van der Waals surface area contributed by atoms with Gasteiger partial charge in [0.05, 0.1) is 11.6 Å². The third-order valence-corrected chi connectivity index (χ3v) is 2.84. The Morgan fingerprint density at radius 3 is 3.13 bits per heavy atom. The smallest absolute Gasteiger partial charge is 0.116 e. The summed E-state index contributed by atoms with van der Waals surface area (Å²) in [6.45, 7) is 4.78. The van der Waals surface area contributed by atoms with Crippen molar-refractivity contribution in [2.24, 2.45) is 0 Å². The minimum atomic E-state index is 0.497. The van der Waals surface area contributed by atoms with Crippen molar-refractivity contribution >= 4 is 11.8 Å². The van der Waals surface area contributed by atoms with Crippen molar-refractivity contribution in [2.45, 2.75) is 17.2 Å². The van der Waals surface area contributed by atoms with E-state index in [0.29, 0.717) is 5.25 Å². The van der Waals surface area contributed by atoms with E-state index >= 15 is 0 Å². The van der Waals surface area contributed by atoms with E-state index in [4.69, 9.17) is 4.74 Å². The molecule has 0 bridgehead atoms. The molecular weight excluding hydrogens is 210 g/mol. The van der Waals surface area contributed by atoms with Crippen molar-refractivity contribution in [1.82, 2.24) is 15.3 Å². The number of methoxy groups -OCH3 is 1. The predicted octanol–water partition coefficient (Wildman–Crippen LogP) is 1.19. The molecular formula is C10H17N3OS. The molecule has 0 saturated heterocycles. The van der Waals surface area contributed by atoms with E-state index in [9.17, 15) is 0 Å². The topological polar surface area (TPSA) is 47.0 Å². The summed E-state index contributed by atoms with van der Waals surface area (Å²) in [7, 11) is 1.71. The zero-order valence-corrected chi connectivity index (χ0v) is 9.96. The Bertz CT molecular complexity index is 258. The lowest BCUT2D eigenvalue weighted by molar-refractivity contribution is 0.199. The van der Waals surface area contributed by atoms with Gasteiger partial charge in [0.1, 0.15) is 6.33 Å². The molecule has 84 valence electrons. The Morgan fingerprint density at radius 2 is 2.47 bits per heavy atom. The van der Waals surface area contributed by atoms with Gasteiger partial charge < -0.3 is 10.1 Å². The average molecular weight is 227 g/mol. The first-order chi connectivity index (χ1) is 7.33. The summed E-state index contributed by atoms with van der Waals surface area (Å²) < 4.78 is 4.95. The molecule has 5 heteroatoms. The lowest BCUT2D eigenvalue weighted by atomic mass is 10.4. The molecule has 1 heterocycles. The molecule has 1 N–H and O–H groups in total. The normalized spacial score (nSPS) is 12.7. The van der Waals surface area contributed by atoms with E-state index in [1.165, 1.54) is 0 Å². The van der Waals surface area contributed by atoms with Crippen LogP contribution in [0.15, 0.2) is 23.6 Å². The van der Waals surface area contributed by atoms with Crippen LogP contribution in [0.5, 0.6) is 0 Å². The minimum absolute atomic E-state index is 0.497. The van der Waals surface area contributed by atoms with Gasteiger partial charge in [-0.05, 0) is 6.07 Å². The van der Waals surface area contributed by atoms with Gasteiger partial charge in [0.15, 0.2) is 0 Å². The van der Waals surface area contributed by atoms with Gasteiger partial charge in [-0.3, -0.25) is 0 Å². The highest BCUT2D eigenvalue weighted by molar-refractivity contribution is 7.99. The van der Waals surface area contributed by atoms with Crippen molar-refractivity contribution < 1.29 is 4.74 Å². The summed E-state index contributed by atoms with van der Waals surface area (Å²) in [5.41, 5.74) is 0. The quantitative estimate of drug-likeness (QED) is 0.431. The average Bonchev–Trinajstić information content (AvgIpc) is 2.26. The first kappa shape index (κ1) is 12.4. The van der Waals surface area contributed by atoms with Crippen LogP contribution in [-0.2, 0) is 4.74 Å². The monoisotopic (exact) mass is 227 g/mol. The summed E-state index contributed by atoms with van der Waals surface area (Å²) in [6, 6.07) is 1.93. The van der Waals surface area contributed by atoms with Crippen LogP contribution >= 0.6 is 11.8 Å². The van der Waals surface area contributed by atoms with Gasteiger partial charge >= 0.3 is 0 Å². The van der Waals surface area contributed by atoms with Crippen molar-refractivity contribution in [3.63, 3.8) is 0 Å². The van der Waals surface area contributed by atoms with Crippen LogP contribution in [0.1, 0.15) is 6.92 Å². The maximum Gasteiger partial charge on any atom is 0.116 e. The standard InChI is InChI=1S/C10H17N3OS/c1-9(7-11-5-6-14-2)15-10-3-4-12-8-13-10/h3-4,8-9,11H,5-7H2,1-2H3. The molecule has 0 amide bonds. The fraction of sp³-hybridized carbons (Fsp3) is 0.600. The van der Waals surface area contributed by atoms with E-state index < -0.39 is 0 Å². The third kappa shape index (κ3) is 5.71. The molecule has 1 aromatic rings. The van der Waals surface area contributed by atoms with Gasteiger partial charge in [-0.1, -0.05) is 6.92 Å². The first-order valence-corrected chi connectivity index (χ1v) is 5.83. The van der Waals surface area contributed by atoms with Crippen LogP contribution < -0.4 is 5.32 Å². The SMILES string of the molecule is COCCNCC(C)Sc1ccncn1. The second-order valence-corrected chi connectivity index (χ2v) is 4.63. The van der Waals surface area contributed by atoms with Crippen molar-refractivity contribution in [3.05, 3.63) is 18.6 Å². The maximum atomic E-state index is 4.95. The Hall–Kier alpha value is -0.650. The molecule has 0 fully saturated rings. The van der Waals surface area contributed by atoms with Crippen LogP contribution in [0.25, 0.3) is 0 Å². The van der Waals surface area contributed by atoms with E-state index in [2.05, 4.69) is 22.2 Å². The number of nitrogens with zero attached hydrogens (tertiary/aromatic N) is 2. The lowest BCUT2D eigenvalue weighted by Gasteiger charge is -2.11. The molecule has 0 aliphatic carbocycles. The minimum Gasteiger partial charge on any atom is -0.383 e. The molecule has 0 radical (unpaired) electrons. The van der Waals surface area contributed by atoms with Crippen LogP contribution in [-0.4, -0.2) is 42.0 Å². The Morgan fingerprint density at radius 1 is 1.60 bits per heavy atom. The van der Waals surface area contributed by atoms with Crippen LogP contribution in [0.3, 0.4) is 0 Å². The summed E-state index contributed by atoms with van der Waals surface area (Å²) in [5.74, 6) is 0. The van der Waals surface area contributed by atoms with Gasteiger partial charge in [-0.25, -0.2) is 9.97 Å². The number of hydrogen-bond acceptors (Lipinski definition) is 5. The van der Waals surface area contributed by atoms with Crippen LogP contribution in [0, 0.1) is 0 Å². The lowest BCUT2D eigenvalue weighted by Crippen LogP contribution is -2.26. The fourth-order valence-electron chi connectivity index (χ4n) is 1.08. The predicted molar refractivity (Wildman–Crippen MR) is 62.1 cm³/mol. The molecule has 4 nitrogen and oxygen atoms in total. The first-order valence-electron chi connectivity index (χ1n) is 4.95. The van der Waals surface area contributed by atoms with Crippen LogP contribution in [0.2, 0.25) is 0 Å². The zero-order valence-electron chi connectivity index (χ0n) is 9.14. The summed E-state index contributed by atoms with van der Waals surface area (Å²) in [6.07, 6.45) is 3.34. The second-order valence-electron chi connectivity index (χ2n) is 3.17. The van der Waals surface area contributed by atoms with Crippen LogP contribution in [0.4, 0.5) is 0 Å². The highest BCUT2D eigenvalue weighted by atomic mass is 32.2. The van der Waals surface area contributed by atoms with Crippen molar-refractivity contribution in [3.8, 4) is 0 Å². The van der Waals surface area contributed by atoms with E-state index in [1.54, 1.807) is 31.4 Å². The number of aromatic nitrogens is 2. The highest BCUT2D eigenvalue weighted by Crippen LogP contribution is 2.18. The molecule has 0 aliphatic heterocycles. The molecule has 0 aliphatic rings. The fourth-order valence-corrected chi connectivity index (χ4v) is 1.94. The van der Waals surface area contributed by atoms with Gasteiger partial charge in [0.2, 0.25) is 0 Å². The van der Waals surface area contributed by atoms with Gasteiger partial charge in [0, 0.05) is 31.6 Å². The Kier molecular flexibility index (Phi) is 6.31. The third-order valence-electron chi connectivity index (χ3n) is 1.79. The molecule has 1 unspecified atom stereocenters. The number of hydrogen-bond donors (Lipinski definition) is 1. The largest absolute Gasteiger partial charge is 0.383 e. The van der Waals surface area contributed by atoms with E-state index in [-0.39, 0.29) is 0 Å². The molecule has 0 aromatic carbocycles. The number of rotatable bonds is 7. The highest BCUT2D eigenvalue weighted by Gasteiger charge is 2.04. The van der Waals surface area contributed by atoms with Gasteiger partial charge in [0.25, 0.3) is 0 Å². The van der Waals surface area contributed by atoms with E-state index in [1.807, 2.05) is 6.07 Å². The van der Waals surface area contributed by atoms with E-state index in [0.717, 1.165) is 24.7 Å². The van der Waals surface area contributed by atoms with Gasteiger partial charge in [-0.15, -0.1) is 11.8 Å². The molecule has 1 atom stereocenters. The molecule has 1 rings (SSSR count). The number of ether oxygens (including phenoxy) is 1. The Labute approximate surface area is 94.8 Å². The molecule has 0 saturated carbocycles.